The Balaban J connectivity index is 3.45. The zero-order valence-electron chi connectivity index (χ0n) is 48.9. The van der Waals surface area contributed by atoms with Gasteiger partial charge in [-0.25, -0.2) is 0 Å². The number of carbonyl (C=O) groups is 2. The third-order valence-corrected chi connectivity index (χ3v) is 15.6. The summed E-state index contributed by atoms with van der Waals surface area (Å²) in [6.45, 7) is 4.91. The van der Waals surface area contributed by atoms with Gasteiger partial charge in [0.05, 0.1) is 25.4 Å². The lowest BCUT2D eigenvalue weighted by Crippen LogP contribution is -2.45. The predicted molar refractivity (Wildman–Crippen MR) is 315 cm³/mol. The van der Waals surface area contributed by atoms with Crippen LogP contribution in [0.15, 0.2) is 12.2 Å². The number of carbonyl (C=O) groups excluding carboxylic acids is 2. The Hall–Kier alpha value is -1.40. The van der Waals surface area contributed by atoms with E-state index in [2.05, 4.69) is 19.2 Å². The highest BCUT2D eigenvalue weighted by atomic mass is 16.5. The second kappa shape index (κ2) is 62.1. The first-order chi connectivity index (χ1) is 35.5. The molecule has 0 saturated heterocycles. The van der Waals surface area contributed by atoms with Crippen LogP contribution in [0.4, 0.5) is 0 Å². The van der Waals surface area contributed by atoms with Crippen molar-refractivity contribution in [2.75, 3.05) is 13.2 Å². The van der Waals surface area contributed by atoms with Crippen LogP contribution in [0.25, 0.3) is 0 Å². The molecule has 3 N–H and O–H groups in total. The van der Waals surface area contributed by atoms with E-state index in [0.717, 1.165) is 57.8 Å². The standard InChI is InChI=1S/C66H129NO5/c1-3-5-7-9-11-13-15-17-19-21-23-24-25-26-27-29-30-32-34-38-42-46-50-54-58-64(69)63(62-68)67-65(70)59-55-51-47-43-39-36-37-41-45-49-53-57-61-72-66(71)60-56-52-48-44-40-35-33-31-28-22-20-18-16-14-12-10-8-6-4-2/h54,58,63-64,68-69H,3-53,55-57,59-62H2,1-2H3,(H,67,70)/b58-54+. The second-order valence-corrected chi connectivity index (χ2v) is 22.8. The van der Waals surface area contributed by atoms with Crippen molar-refractivity contribution in [3.8, 4) is 0 Å². The molecule has 0 aromatic heterocycles. The van der Waals surface area contributed by atoms with Gasteiger partial charge >= 0.3 is 5.97 Å². The molecule has 0 aliphatic rings. The first kappa shape index (κ1) is 70.6. The van der Waals surface area contributed by atoms with E-state index in [4.69, 9.17) is 4.74 Å². The van der Waals surface area contributed by atoms with Gasteiger partial charge < -0.3 is 20.3 Å². The van der Waals surface area contributed by atoms with Crippen LogP contribution < -0.4 is 5.32 Å². The number of rotatable bonds is 62. The average Bonchev–Trinajstić information content (AvgIpc) is 3.38. The minimum absolute atomic E-state index is 0.00460. The molecule has 72 heavy (non-hydrogen) atoms. The number of hydrogen-bond acceptors (Lipinski definition) is 5. The second-order valence-electron chi connectivity index (χ2n) is 22.8. The van der Waals surface area contributed by atoms with Gasteiger partial charge in [0.2, 0.25) is 5.91 Å². The van der Waals surface area contributed by atoms with Crippen molar-refractivity contribution in [2.45, 2.75) is 386 Å². The van der Waals surface area contributed by atoms with Crippen molar-refractivity contribution >= 4 is 11.9 Å². The first-order valence-corrected chi connectivity index (χ1v) is 33.0. The van der Waals surface area contributed by atoms with Gasteiger partial charge in [-0.3, -0.25) is 9.59 Å². The maximum atomic E-state index is 12.5. The first-order valence-electron chi connectivity index (χ1n) is 33.0. The van der Waals surface area contributed by atoms with Crippen LogP contribution in [-0.4, -0.2) is 47.4 Å². The lowest BCUT2D eigenvalue weighted by atomic mass is 10.0. The highest BCUT2D eigenvalue weighted by Crippen LogP contribution is 2.19. The fraction of sp³-hybridized carbons (Fsp3) is 0.939. The van der Waals surface area contributed by atoms with E-state index in [-0.39, 0.29) is 18.5 Å². The molecular weight excluding hydrogens is 887 g/mol. The van der Waals surface area contributed by atoms with Crippen molar-refractivity contribution in [1.82, 2.24) is 5.32 Å². The summed E-state index contributed by atoms with van der Waals surface area (Å²) in [5.74, 6) is -0.0830. The molecule has 1 amide bonds. The third-order valence-electron chi connectivity index (χ3n) is 15.6. The molecule has 2 atom stereocenters. The fourth-order valence-corrected chi connectivity index (χ4v) is 10.5. The zero-order valence-corrected chi connectivity index (χ0v) is 48.9. The number of hydrogen-bond donors (Lipinski definition) is 3. The van der Waals surface area contributed by atoms with Gasteiger partial charge in [0.15, 0.2) is 0 Å². The quantitative estimate of drug-likeness (QED) is 0.0320. The van der Waals surface area contributed by atoms with E-state index in [9.17, 15) is 19.8 Å². The SMILES string of the molecule is CCCCCCCCCCCCCCCCCCCCCCCC/C=C/C(O)C(CO)NC(=O)CCCCCCCCCCCCCCOC(=O)CCCCCCCCCCCCCCCCCCCCC. The zero-order chi connectivity index (χ0) is 52.2. The maximum absolute atomic E-state index is 12.5. The number of allylic oxidation sites excluding steroid dienone is 1. The van der Waals surface area contributed by atoms with Crippen LogP contribution in [0.1, 0.15) is 373 Å². The Morgan fingerprint density at radius 1 is 0.375 bits per heavy atom. The van der Waals surface area contributed by atoms with Crippen LogP contribution in [0.5, 0.6) is 0 Å². The smallest absolute Gasteiger partial charge is 0.305 e. The number of nitrogens with one attached hydrogen (secondary N) is 1. The monoisotopic (exact) mass is 1020 g/mol. The maximum Gasteiger partial charge on any atom is 0.305 e. The van der Waals surface area contributed by atoms with Crippen LogP contribution in [-0.2, 0) is 14.3 Å². The van der Waals surface area contributed by atoms with E-state index in [1.54, 1.807) is 6.08 Å². The van der Waals surface area contributed by atoms with Crippen LogP contribution >= 0.6 is 0 Å². The molecule has 0 aromatic carbocycles. The molecule has 0 fully saturated rings. The molecule has 0 aromatic rings. The number of unbranched alkanes of at least 4 members (excludes halogenated alkanes) is 51. The highest BCUT2D eigenvalue weighted by Gasteiger charge is 2.18. The molecule has 428 valence electrons. The van der Waals surface area contributed by atoms with Crippen molar-refractivity contribution in [3.05, 3.63) is 12.2 Å². The molecule has 6 heteroatoms. The van der Waals surface area contributed by atoms with Crippen LogP contribution in [0.2, 0.25) is 0 Å². The molecule has 0 spiro atoms. The van der Waals surface area contributed by atoms with Gasteiger partial charge in [0.1, 0.15) is 0 Å². The van der Waals surface area contributed by atoms with Gasteiger partial charge in [-0.2, -0.15) is 0 Å². The number of ether oxygens (including phenoxy) is 1. The summed E-state index contributed by atoms with van der Waals surface area (Å²) in [4.78, 5) is 24.6. The number of aliphatic hydroxyl groups excluding tert-OH is 2. The van der Waals surface area contributed by atoms with Crippen molar-refractivity contribution in [3.63, 3.8) is 0 Å². The van der Waals surface area contributed by atoms with Crippen LogP contribution in [0.3, 0.4) is 0 Å². The highest BCUT2D eigenvalue weighted by molar-refractivity contribution is 5.76. The number of amides is 1. The third kappa shape index (κ3) is 57.9. The molecule has 0 aliphatic carbocycles. The summed E-state index contributed by atoms with van der Waals surface area (Å²) in [6.07, 6.45) is 75.5. The number of aliphatic hydroxyl groups is 2. The average molecular weight is 1020 g/mol. The van der Waals surface area contributed by atoms with Gasteiger partial charge in [-0.05, 0) is 32.1 Å². The molecule has 0 radical (unpaired) electrons. The Bertz CT molecular complexity index is 1080. The van der Waals surface area contributed by atoms with Gasteiger partial charge in [-0.1, -0.05) is 341 Å². The minimum atomic E-state index is -0.855. The number of esters is 1. The molecule has 0 rings (SSSR count). The largest absolute Gasteiger partial charge is 0.466 e. The van der Waals surface area contributed by atoms with E-state index >= 15 is 0 Å². The van der Waals surface area contributed by atoms with Gasteiger partial charge in [0, 0.05) is 12.8 Å². The van der Waals surface area contributed by atoms with Crippen molar-refractivity contribution in [2.24, 2.45) is 0 Å². The summed E-state index contributed by atoms with van der Waals surface area (Å²) >= 11 is 0. The Labute approximate surface area is 450 Å². The lowest BCUT2D eigenvalue weighted by molar-refractivity contribution is -0.143. The molecule has 2 unspecified atom stereocenters. The minimum Gasteiger partial charge on any atom is -0.466 e. The van der Waals surface area contributed by atoms with Gasteiger partial charge in [0.25, 0.3) is 0 Å². The summed E-state index contributed by atoms with van der Waals surface area (Å²) < 4.78 is 5.49. The normalized spacial score (nSPS) is 12.6. The lowest BCUT2D eigenvalue weighted by Gasteiger charge is -2.20. The molecule has 6 nitrogen and oxygen atoms in total. The van der Waals surface area contributed by atoms with E-state index < -0.39 is 12.1 Å². The van der Waals surface area contributed by atoms with Crippen LogP contribution in [0, 0.1) is 0 Å². The molecule has 0 heterocycles. The fourth-order valence-electron chi connectivity index (χ4n) is 10.5. The predicted octanol–water partition coefficient (Wildman–Crippen LogP) is 20.8. The van der Waals surface area contributed by atoms with E-state index in [1.165, 1.54) is 289 Å². The topological polar surface area (TPSA) is 95.9 Å². The molecule has 0 saturated carbocycles. The summed E-state index contributed by atoms with van der Waals surface area (Å²) in [7, 11) is 0. The Kier molecular flexibility index (Phi) is 60.9. The van der Waals surface area contributed by atoms with Crippen molar-refractivity contribution < 1.29 is 24.5 Å². The Morgan fingerprint density at radius 2 is 0.639 bits per heavy atom. The Morgan fingerprint density at radius 3 is 0.944 bits per heavy atom. The molecular formula is C66H129NO5. The van der Waals surface area contributed by atoms with E-state index in [0.29, 0.717) is 19.4 Å². The van der Waals surface area contributed by atoms with Crippen molar-refractivity contribution in [1.29, 1.82) is 0 Å². The van der Waals surface area contributed by atoms with E-state index in [1.807, 2.05) is 6.08 Å². The molecule has 0 bridgehead atoms. The molecule has 0 aliphatic heterocycles. The summed E-state index contributed by atoms with van der Waals surface area (Å²) in [6, 6.07) is -0.640. The summed E-state index contributed by atoms with van der Waals surface area (Å²) in [5, 5.41) is 23.2. The summed E-state index contributed by atoms with van der Waals surface area (Å²) in [5.41, 5.74) is 0. The van der Waals surface area contributed by atoms with Gasteiger partial charge in [-0.15, -0.1) is 0 Å².